The highest BCUT2D eigenvalue weighted by molar-refractivity contribution is 5.76. The fourth-order valence-electron chi connectivity index (χ4n) is 7.27. The number of aliphatic hydroxyl groups is 1. The molecule has 2 aliphatic carbocycles. The van der Waals surface area contributed by atoms with E-state index in [9.17, 15) is 15.0 Å². The molecule has 2 N–H and O–H groups in total. The number of phenolic OH excluding ortho intramolecular Hbond substituents is 1. The molecule has 174 valence electrons. The van der Waals surface area contributed by atoms with Crippen molar-refractivity contribution in [1.29, 1.82) is 0 Å². The van der Waals surface area contributed by atoms with Crippen LogP contribution in [-0.2, 0) is 16.6 Å². The third kappa shape index (κ3) is 2.75. The summed E-state index contributed by atoms with van der Waals surface area (Å²) in [6, 6.07) is 3.58. The minimum absolute atomic E-state index is 0.0187. The van der Waals surface area contributed by atoms with Crippen molar-refractivity contribution in [2.45, 2.75) is 87.5 Å². The lowest BCUT2D eigenvalue weighted by molar-refractivity contribution is -0.198. The molecule has 2 bridgehead atoms. The van der Waals surface area contributed by atoms with E-state index in [-0.39, 0.29) is 29.8 Å². The van der Waals surface area contributed by atoms with Crippen LogP contribution in [0.4, 0.5) is 0 Å². The van der Waals surface area contributed by atoms with Gasteiger partial charge in [-0.05, 0) is 50.3 Å². The molecule has 1 aromatic carbocycles. The van der Waals surface area contributed by atoms with Crippen LogP contribution in [0.5, 0.6) is 11.5 Å². The van der Waals surface area contributed by atoms with E-state index in [2.05, 4.69) is 18.4 Å². The van der Waals surface area contributed by atoms with Crippen molar-refractivity contribution in [2.24, 2.45) is 0 Å². The van der Waals surface area contributed by atoms with Crippen molar-refractivity contribution in [1.82, 2.24) is 9.80 Å². The molecule has 5 atom stereocenters. The molecule has 6 heteroatoms. The van der Waals surface area contributed by atoms with Crippen molar-refractivity contribution in [3.8, 4) is 11.5 Å². The Morgan fingerprint density at radius 2 is 2.19 bits per heavy atom. The molecule has 1 amide bonds. The molecule has 32 heavy (non-hydrogen) atoms. The van der Waals surface area contributed by atoms with Gasteiger partial charge in [0.15, 0.2) is 11.5 Å². The molecule has 6 nitrogen and oxygen atoms in total. The number of phenols is 1. The van der Waals surface area contributed by atoms with Crippen LogP contribution < -0.4 is 4.74 Å². The van der Waals surface area contributed by atoms with E-state index in [0.717, 1.165) is 56.3 Å². The summed E-state index contributed by atoms with van der Waals surface area (Å²) in [6.07, 6.45) is 7.95. The van der Waals surface area contributed by atoms with Crippen LogP contribution in [0.25, 0.3) is 0 Å². The molecule has 1 saturated carbocycles. The lowest BCUT2D eigenvalue weighted by atomic mass is 9.48. The van der Waals surface area contributed by atoms with Crippen molar-refractivity contribution >= 4 is 5.91 Å². The van der Waals surface area contributed by atoms with Gasteiger partial charge in [-0.1, -0.05) is 31.9 Å². The van der Waals surface area contributed by atoms with Gasteiger partial charge in [-0.25, -0.2) is 0 Å². The van der Waals surface area contributed by atoms with E-state index in [1.165, 1.54) is 0 Å². The average Bonchev–Trinajstić information content (AvgIpc) is 3.12. The predicted octanol–water partition coefficient (Wildman–Crippen LogP) is 3.14. The second kappa shape index (κ2) is 7.77. The second-order valence-corrected chi connectivity index (χ2v) is 10.2. The highest BCUT2D eigenvalue weighted by Gasteiger charge is 2.73. The number of nitrogens with zero attached hydrogens (tertiary/aromatic N) is 2. The summed E-state index contributed by atoms with van der Waals surface area (Å²) in [6.45, 7) is 7.65. The molecule has 5 rings (SSSR count). The van der Waals surface area contributed by atoms with Gasteiger partial charge in [-0.15, -0.1) is 6.58 Å². The summed E-state index contributed by atoms with van der Waals surface area (Å²) in [7, 11) is 1.89. The Hall–Kier alpha value is -2.05. The van der Waals surface area contributed by atoms with E-state index < -0.39 is 11.0 Å². The van der Waals surface area contributed by atoms with E-state index in [4.69, 9.17) is 4.74 Å². The van der Waals surface area contributed by atoms with Crippen molar-refractivity contribution in [2.75, 3.05) is 20.1 Å². The van der Waals surface area contributed by atoms with Crippen LogP contribution in [0.3, 0.4) is 0 Å². The monoisotopic (exact) mass is 440 g/mol. The Balaban J connectivity index is 1.57. The van der Waals surface area contributed by atoms with Crippen LogP contribution in [0, 0.1) is 0 Å². The zero-order valence-electron chi connectivity index (χ0n) is 19.3. The number of likely N-dealkylation sites (tertiary alicyclic amines) is 1. The van der Waals surface area contributed by atoms with Gasteiger partial charge in [0.1, 0.15) is 6.10 Å². The number of unbranched alkanes of at least 4 members (excludes halogenated alkanes) is 2. The van der Waals surface area contributed by atoms with Crippen LogP contribution in [0.1, 0.15) is 63.0 Å². The Bertz CT molecular complexity index is 933. The lowest BCUT2D eigenvalue weighted by Crippen LogP contribution is -2.78. The van der Waals surface area contributed by atoms with Crippen LogP contribution in [-0.4, -0.2) is 69.8 Å². The smallest absolute Gasteiger partial charge is 0.222 e. The first-order chi connectivity index (χ1) is 15.4. The molecule has 2 heterocycles. The SMILES string of the molecule is C=CCN1CC[C@]23c4c5ccc(O)c4O[C@H]2[C@@H](N(C)C(=O)CCCCC)CC[C@@]3(O)[C@H]1C5. The van der Waals surface area contributed by atoms with Gasteiger partial charge in [0.25, 0.3) is 0 Å². The number of amides is 1. The Kier molecular flexibility index (Phi) is 5.29. The summed E-state index contributed by atoms with van der Waals surface area (Å²) in [4.78, 5) is 17.3. The highest BCUT2D eigenvalue weighted by Crippen LogP contribution is 2.65. The Morgan fingerprint density at radius 3 is 2.94 bits per heavy atom. The molecule has 2 fully saturated rings. The topological polar surface area (TPSA) is 73.2 Å². The maximum absolute atomic E-state index is 13.0. The van der Waals surface area contributed by atoms with Crippen molar-refractivity contribution in [3.05, 3.63) is 35.9 Å². The fraction of sp³-hybridized carbons (Fsp3) is 0.654. The summed E-state index contributed by atoms with van der Waals surface area (Å²) >= 11 is 0. The molecule has 4 aliphatic rings. The summed E-state index contributed by atoms with van der Waals surface area (Å²) in [5.74, 6) is 0.809. The first kappa shape index (κ1) is 21.8. The fourth-order valence-corrected chi connectivity index (χ4v) is 7.27. The summed E-state index contributed by atoms with van der Waals surface area (Å²) in [5.41, 5.74) is 0.600. The first-order valence-electron chi connectivity index (χ1n) is 12.2. The van der Waals surface area contributed by atoms with E-state index in [1.54, 1.807) is 6.07 Å². The molecular formula is C26H36N2O4. The van der Waals surface area contributed by atoms with Crippen molar-refractivity contribution in [3.63, 3.8) is 0 Å². The standard InChI is InChI=1S/C26H36N2O4/c1-4-6-7-8-21(30)27(3)18-11-12-26(31)20-16-17-9-10-19(29)23-22(17)25(26,24(18)32-23)13-15-28(20)14-5-2/h5,9-10,18,20,24,29,31H,2,4,6-8,11-16H2,1,3H3/t18-,20+,24-,25-,26+/m0/s1. The maximum Gasteiger partial charge on any atom is 0.222 e. The first-order valence-corrected chi connectivity index (χ1v) is 12.2. The van der Waals surface area contributed by atoms with Gasteiger partial charge in [-0.3, -0.25) is 9.69 Å². The predicted molar refractivity (Wildman–Crippen MR) is 123 cm³/mol. The lowest BCUT2D eigenvalue weighted by Gasteiger charge is -2.64. The molecule has 1 spiro atoms. The van der Waals surface area contributed by atoms with Crippen LogP contribution >= 0.6 is 0 Å². The number of carbonyl (C=O) groups is 1. The largest absolute Gasteiger partial charge is 0.504 e. The normalized spacial score (nSPS) is 34.5. The zero-order valence-corrected chi connectivity index (χ0v) is 19.3. The number of hydrogen-bond acceptors (Lipinski definition) is 5. The summed E-state index contributed by atoms with van der Waals surface area (Å²) < 4.78 is 6.54. The van der Waals surface area contributed by atoms with E-state index >= 15 is 0 Å². The number of ether oxygens (including phenoxy) is 1. The number of piperidine rings is 1. The quantitative estimate of drug-likeness (QED) is 0.503. The number of aromatic hydroxyl groups is 1. The number of rotatable bonds is 7. The van der Waals surface area contributed by atoms with Gasteiger partial charge < -0.3 is 19.8 Å². The Morgan fingerprint density at radius 1 is 1.38 bits per heavy atom. The molecule has 2 aliphatic heterocycles. The molecule has 0 unspecified atom stereocenters. The van der Waals surface area contributed by atoms with Gasteiger partial charge in [0.05, 0.1) is 17.1 Å². The van der Waals surface area contributed by atoms with Gasteiger partial charge in [0.2, 0.25) is 5.91 Å². The summed E-state index contributed by atoms with van der Waals surface area (Å²) in [5, 5.41) is 23.1. The highest BCUT2D eigenvalue weighted by atomic mass is 16.5. The number of carbonyl (C=O) groups excluding carboxylic acids is 1. The van der Waals surface area contributed by atoms with Crippen LogP contribution in [0.15, 0.2) is 24.8 Å². The second-order valence-electron chi connectivity index (χ2n) is 10.2. The number of likely N-dealkylation sites (N-methyl/N-ethyl adjacent to an activating group) is 1. The minimum Gasteiger partial charge on any atom is -0.504 e. The molecule has 0 radical (unpaired) electrons. The number of benzene rings is 1. The molecule has 1 aromatic rings. The third-order valence-corrected chi connectivity index (χ3v) is 8.79. The molecular weight excluding hydrogens is 404 g/mol. The zero-order chi connectivity index (χ0) is 22.7. The maximum atomic E-state index is 13.0. The van der Waals surface area contributed by atoms with Crippen molar-refractivity contribution < 1.29 is 19.7 Å². The minimum atomic E-state index is -0.951. The Labute approximate surface area is 190 Å². The van der Waals surface area contributed by atoms with Crippen LogP contribution in [0.2, 0.25) is 0 Å². The third-order valence-electron chi connectivity index (χ3n) is 8.79. The molecule has 0 aromatic heterocycles. The van der Waals surface area contributed by atoms with Gasteiger partial charge >= 0.3 is 0 Å². The van der Waals surface area contributed by atoms with Gasteiger partial charge in [0, 0.05) is 31.6 Å². The molecule has 1 saturated heterocycles. The van der Waals surface area contributed by atoms with Gasteiger partial charge in [-0.2, -0.15) is 0 Å². The average molecular weight is 441 g/mol. The van der Waals surface area contributed by atoms with E-state index in [0.29, 0.717) is 25.0 Å². The van der Waals surface area contributed by atoms with E-state index in [1.807, 2.05) is 24.1 Å². The number of hydrogen-bond donors (Lipinski definition) is 2.